The average molecular weight is 528 g/mol. The number of ether oxygens (including phenoxy) is 2. The van der Waals surface area contributed by atoms with Crippen LogP contribution in [0.3, 0.4) is 0 Å². The number of alkyl carbamates (subject to hydrolysis) is 1. The van der Waals surface area contributed by atoms with Crippen LogP contribution in [0.15, 0.2) is 47.1 Å². The minimum absolute atomic E-state index is 0.0598. The number of hydrogen-bond acceptors (Lipinski definition) is 4. The van der Waals surface area contributed by atoms with E-state index in [2.05, 4.69) is 63.4 Å². The Morgan fingerprint density at radius 3 is 2.24 bits per heavy atom. The fourth-order valence-electron chi connectivity index (χ4n) is 5.54. The van der Waals surface area contributed by atoms with Crippen LogP contribution in [-0.2, 0) is 14.3 Å². The Morgan fingerprint density at radius 2 is 1.66 bits per heavy atom. The molecule has 1 unspecified atom stereocenters. The molecule has 5 nitrogen and oxygen atoms in total. The van der Waals surface area contributed by atoms with Gasteiger partial charge in [-0.2, -0.15) is 0 Å². The fourth-order valence-corrected chi connectivity index (χ4v) is 5.54. The number of ketones is 1. The molecule has 2 rings (SSSR count). The fraction of sp³-hybridized carbons (Fsp3) is 0.697. The van der Waals surface area contributed by atoms with Gasteiger partial charge in [0.2, 0.25) is 0 Å². The molecule has 0 saturated heterocycles. The first-order chi connectivity index (χ1) is 18.3. The highest BCUT2D eigenvalue weighted by Gasteiger charge is 2.30. The second-order valence-corrected chi connectivity index (χ2v) is 11.2. The minimum atomic E-state index is -0.559. The van der Waals surface area contributed by atoms with Crippen LogP contribution in [0.4, 0.5) is 4.79 Å². The number of carbonyl (C=O) groups excluding carboxylic acids is 2. The van der Waals surface area contributed by atoms with E-state index in [4.69, 9.17) is 9.47 Å². The van der Waals surface area contributed by atoms with Crippen molar-refractivity contribution in [1.29, 1.82) is 0 Å². The second-order valence-electron chi connectivity index (χ2n) is 11.2. The molecule has 214 valence electrons. The van der Waals surface area contributed by atoms with Crippen molar-refractivity contribution in [3.05, 3.63) is 47.1 Å². The number of Topliss-reactive ketones (excluding diaryl/α,β-unsaturated/α-hetero) is 1. The zero-order valence-electron chi connectivity index (χ0n) is 24.9. The number of carbonyl (C=O) groups is 2. The molecule has 0 radical (unpaired) electrons. The maximum Gasteiger partial charge on any atom is 0.407 e. The molecule has 0 aliphatic heterocycles. The van der Waals surface area contributed by atoms with Crippen LogP contribution >= 0.6 is 0 Å². The molecular weight excluding hydrogens is 474 g/mol. The third-order valence-electron chi connectivity index (χ3n) is 8.31. The molecule has 0 aromatic rings. The highest BCUT2D eigenvalue weighted by Crippen LogP contribution is 2.35. The summed E-state index contributed by atoms with van der Waals surface area (Å²) in [6.45, 7) is 12.8. The van der Waals surface area contributed by atoms with Gasteiger partial charge in [0.1, 0.15) is 6.10 Å². The lowest BCUT2D eigenvalue weighted by Gasteiger charge is -2.35. The minimum Gasteiger partial charge on any atom is -0.446 e. The van der Waals surface area contributed by atoms with Crippen LogP contribution in [0.1, 0.15) is 112 Å². The van der Waals surface area contributed by atoms with Gasteiger partial charge >= 0.3 is 6.09 Å². The normalized spacial score (nSPS) is 25.0. The molecule has 0 aromatic heterocycles. The first kappa shape index (κ1) is 32.1. The van der Waals surface area contributed by atoms with E-state index in [0.29, 0.717) is 18.9 Å². The summed E-state index contributed by atoms with van der Waals surface area (Å²) in [6.07, 6.45) is 21.7. The van der Waals surface area contributed by atoms with Crippen LogP contribution in [0.5, 0.6) is 0 Å². The van der Waals surface area contributed by atoms with Gasteiger partial charge in [-0.3, -0.25) is 4.79 Å². The van der Waals surface area contributed by atoms with Crippen LogP contribution in [0.2, 0.25) is 0 Å². The Hall–Kier alpha value is -2.14. The summed E-state index contributed by atoms with van der Waals surface area (Å²) in [4.78, 5) is 24.6. The zero-order chi connectivity index (χ0) is 27.9. The molecule has 0 bridgehead atoms. The van der Waals surface area contributed by atoms with Crippen LogP contribution in [-0.4, -0.2) is 36.7 Å². The van der Waals surface area contributed by atoms with Crippen LogP contribution < -0.4 is 5.32 Å². The van der Waals surface area contributed by atoms with Gasteiger partial charge in [-0.05, 0) is 116 Å². The maximum atomic E-state index is 12.5. The third kappa shape index (κ3) is 11.3. The van der Waals surface area contributed by atoms with Crippen molar-refractivity contribution in [2.24, 2.45) is 11.8 Å². The molecule has 2 aliphatic rings. The van der Waals surface area contributed by atoms with Gasteiger partial charge in [0.25, 0.3) is 0 Å². The molecule has 38 heavy (non-hydrogen) atoms. The number of rotatable bonds is 15. The molecule has 1 atom stereocenters. The molecule has 1 N–H and O–H groups in total. The SMILES string of the molecule is C/C=C\C(=C/C)C1CCC(OC(=O)NC(CCOC2CC(CC/C(C)=C/C=C(CC)CC)C2)C(C)=O)CC1. The highest BCUT2D eigenvalue weighted by molar-refractivity contribution is 5.85. The van der Waals surface area contributed by atoms with E-state index in [1.807, 2.05) is 6.92 Å². The van der Waals surface area contributed by atoms with Crippen LogP contribution in [0.25, 0.3) is 0 Å². The molecule has 5 heteroatoms. The van der Waals surface area contributed by atoms with Gasteiger partial charge in [0.15, 0.2) is 5.78 Å². The summed E-state index contributed by atoms with van der Waals surface area (Å²) >= 11 is 0. The first-order valence-electron chi connectivity index (χ1n) is 15.0. The van der Waals surface area contributed by atoms with Gasteiger partial charge in [0, 0.05) is 6.61 Å². The number of nitrogens with one attached hydrogen (secondary N) is 1. The number of amides is 1. The average Bonchev–Trinajstić information content (AvgIpc) is 2.88. The lowest BCUT2D eigenvalue weighted by atomic mass is 9.78. The topological polar surface area (TPSA) is 64.6 Å². The summed E-state index contributed by atoms with van der Waals surface area (Å²) < 4.78 is 11.7. The van der Waals surface area contributed by atoms with Crippen molar-refractivity contribution in [2.75, 3.05) is 6.61 Å². The van der Waals surface area contributed by atoms with Crippen molar-refractivity contribution in [3.8, 4) is 0 Å². The summed E-state index contributed by atoms with van der Waals surface area (Å²) in [5.41, 5.74) is 4.31. The van der Waals surface area contributed by atoms with Crippen molar-refractivity contribution < 1.29 is 19.1 Å². The van der Waals surface area contributed by atoms with E-state index in [1.54, 1.807) is 0 Å². The van der Waals surface area contributed by atoms with Crippen molar-refractivity contribution >= 4 is 11.9 Å². The number of hydrogen-bond donors (Lipinski definition) is 1. The molecular formula is C33H53NO4. The Kier molecular flexibility index (Phi) is 14.7. The largest absolute Gasteiger partial charge is 0.446 e. The lowest BCUT2D eigenvalue weighted by molar-refractivity contribution is -0.120. The molecule has 2 saturated carbocycles. The molecule has 2 fully saturated rings. The van der Waals surface area contributed by atoms with E-state index >= 15 is 0 Å². The zero-order valence-corrected chi connectivity index (χ0v) is 24.9. The predicted molar refractivity (Wildman–Crippen MR) is 157 cm³/mol. The molecule has 1 amide bonds. The summed E-state index contributed by atoms with van der Waals surface area (Å²) in [7, 11) is 0. The van der Waals surface area contributed by atoms with E-state index < -0.39 is 12.1 Å². The first-order valence-corrected chi connectivity index (χ1v) is 15.0. The molecule has 0 heterocycles. The van der Waals surface area contributed by atoms with Gasteiger partial charge in [-0.25, -0.2) is 4.79 Å². The Bertz CT molecular complexity index is 848. The van der Waals surface area contributed by atoms with Gasteiger partial charge in [-0.15, -0.1) is 0 Å². The highest BCUT2D eigenvalue weighted by atomic mass is 16.6. The van der Waals surface area contributed by atoms with Gasteiger partial charge < -0.3 is 14.8 Å². The lowest BCUT2D eigenvalue weighted by Crippen LogP contribution is -2.43. The molecule has 2 aliphatic carbocycles. The smallest absolute Gasteiger partial charge is 0.407 e. The Balaban J connectivity index is 1.63. The quantitative estimate of drug-likeness (QED) is 0.217. The van der Waals surface area contributed by atoms with Crippen molar-refractivity contribution in [2.45, 2.75) is 130 Å². The van der Waals surface area contributed by atoms with Gasteiger partial charge in [-0.1, -0.05) is 55.4 Å². The van der Waals surface area contributed by atoms with Gasteiger partial charge in [0.05, 0.1) is 12.1 Å². The monoisotopic (exact) mass is 527 g/mol. The van der Waals surface area contributed by atoms with E-state index in [-0.39, 0.29) is 18.0 Å². The standard InChI is InChI=1S/C33H53NO4/c1-7-11-28(10-4)29-16-18-30(19-17-29)38-33(36)34-32(25(6)35)20-21-37-31-22-27(23-31)15-13-24(5)12-14-26(8-2)9-3/h7,10-12,14,27,29-32H,8-9,13,15-23H2,1-6H3,(H,34,36)/b11-7-,24-12+,28-10+. The summed E-state index contributed by atoms with van der Waals surface area (Å²) in [5, 5.41) is 2.78. The van der Waals surface area contributed by atoms with Crippen molar-refractivity contribution in [1.82, 2.24) is 5.32 Å². The second kappa shape index (κ2) is 17.4. The predicted octanol–water partition coefficient (Wildman–Crippen LogP) is 8.41. The molecule has 0 spiro atoms. The third-order valence-corrected chi connectivity index (χ3v) is 8.31. The summed E-state index contributed by atoms with van der Waals surface area (Å²) in [5.74, 6) is 1.19. The van der Waals surface area contributed by atoms with E-state index in [9.17, 15) is 9.59 Å². The number of allylic oxidation sites excluding steroid dienone is 8. The molecule has 0 aromatic carbocycles. The van der Waals surface area contributed by atoms with E-state index in [1.165, 1.54) is 30.1 Å². The Morgan fingerprint density at radius 1 is 0.974 bits per heavy atom. The Labute approximate surface area is 232 Å². The van der Waals surface area contributed by atoms with E-state index in [0.717, 1.165) is 63.7 Å². The van der Waals surface area contributed by atoms with Crippen molar-refractivity contribution in [3.63, 3.8) is 0 Å². The maximum absolute atomic E-state index is 12.5. The van der Waals surface area contributed by atoms with Crippen LogP contribution in [0, 0.1) is 11.8 Å². The summed E-state index contributed by atoms with van der Waals surface area (Å²) in [6, 6.07) is -0.559.